The largest absolute Gasteiger partial charge is 0.392 e. The lowest BCUT2D eigenvalue weighted by atomic mass is 10.1. The molecule has 0 saturated heterocycles. The van der Waals surface area contributed by atoms with Gasteiger partial charge in [0, 0.05) is 13.6 Å². The second kappa shape index (κ2) is 4.97. The average molecular weight is 180 g/mol. The SMILES string of the molecule is CNN(C)Cc1ccc(CO)cc1. The Kier molecular flexibility index (Phi) is 3.89. The van der Waals surface area contributed by atoms with Crippen LogP contribution in [0.4, 0.5) is 0 Å². The van der Waals surface area contributed by atoms with Crippen LogP contribution in [0.3, 0.4) is 0 Å². The Hall–Kier alpha value is -0.900. The summed E-state index contributed by atoms with van der Waals surface area (Å²) in [6, 6.07) is 7.94. The molecule has 0 amide bonds. The summed E-state index contributed by atoms with van der Waals surface area (Å²) >= 11 is 0. The standard InChI is InChI=1S/C10H16N2O/c1-11-12(2)7-9-3-5-10(8-13)6-4-9/h3-6,11,13H,7-8H2,1-2H3. The lowest BCUT2D eigenvalue weighted by Gasteiger charge is -2.14. The van der Waals surface area contributed by atoms with Crippen molar-refractivity contribution < 1.29 is 5.11 Å². The fourth-order valence-corrected chi connectivity index (χ4v) is 1.10. The quantitative estimate of drug-likeness (QED) is 0.671. The summed E-state index contributed by atoms with van der Waals surface area (Å²) in [6.45, 7) is 0.977. The van der Waals surface area contributed by atoms with E-state index in [2.05, 4.69) is 5.43 Å². The molecule has 0 aliphatic rings. The minimum Gasteiger partial charge on any atom is -0.392 e. The summed E-state index contributed by atoms with van der Waals surface area (Å²) in [5.41, 5.74) is 5.21. The molecule has 72 valence electrons. The second-order valence-electron chi connectivity index (χ2n) is 3.05. The molecule has 2 N–H and O–H groups in total. The van der Waals surface area contributed by atoms with Crippen molar-refractivity contribution in [1.82, 2.24) is 10.4 Å². The molecule has 13 heavy (non-hydrogen) atoms. The first kappa shape index (κ1) is 10.2. The number of benzene rings is 1. The monoisotopic (exact) mass is 180 g/mol. The van der Waals surface area contributed by atoms with E-state index in [0.29, 0.717) is 0 Å². The van der Waals surface area contributed by atoms with Crippen LogP contribution in [0.5, 0.6) is 0 Å². The minimum absolute atomic E-state index is 0.113. The molecular formula is C10H16N2O. The van der Waals surface area contributed by atoms with Gasteiger partial charge in [0.2, 0.25) is 0 Å². The maximum Gasteiger partial charge on any atom is 0.0681 e. The van der Waals surface area contributed by atoms with Gasteiger partial charge in [-0.3, -0.25) is 5.43 Å². The van der Waals surface area contributed by atoms with Crippen LogP contribution in [-0.2, 0) is 13.2 Å². The first-order valence-corrected chi connectivity index (χ1v) is 4.33. The fraction of sp³-hybridized carbons (Fsp3) is 0.400. The van der Waals surface area contributed by atoms with E-state index in [-0.39, 0.29) is 6.61 Å². The maximum absolute atomic E-state index is 8.83. The van der Waals surface area contributed by atoms with Gasteiger partial charge in [0.15, 0.2) is 0 Å². The van der Waals surface area contributed by atoms with E-state index in [1.807, 2.05) is 43.4 Å². The van der Waals surface area contributed by atoms with Crippen molar-refractivity contribution in [2.45, 2.75) is 13.2 Å². The highest BCUT2D eigenvalue weighted by Crippen LogP contribution is 2.05. The van der Waals surface area contributed by atoms with Gasteiger partial charge in [0.1, 0.15) is 0 Å². The molecule has 0 heterocycles. The van der Waals surface area contributed by atoms with E-state index >= 15 is 0 Å². The third kappa shape index (κ3) is 3.14. The van der Waals surface area contributed by atoms with Crippen LogP contribution in [0.15, 0.2) is 24.3 Å². The van der Waals surface area contributed by atoms with E-state index in [1.165, 1.54) is 5.56 Å². The third-order valence-corrected chi connectivity index (χ3v) is 2.01. The van der Waals surface area contributed by atoms with Crippen molar-refractivity contribution in [2.75, 3.05) is 14.1 Å². The van der Waals surface area contributed by atoms with Gasteiger partial charge in [-0.15, -0.1) is 0 Å². The Morgan fingerprint density at radius 3 is 2.23 bits per heavy atom. The third-order valence-electron chi connectivity index (χ3n) is 2.01. The Balaban J connectivity index is 2.58. The molecule has 0 spiro atoms. The van der Waals surface area contributed by atoms with Crippen LogP contribution in [0.25, 0.3) is 0 Å². The zero-order valence-corrected chi connectivity index (χ0v) is 8.12. The van der Waals surface area contributed by atoms with Crippen LogP contribution in [0.1, 0.15) is 11.1 Å². The van der Waals surface area contributed by atoms with Gasteiger partial charge in [0.05, 0.1) is 6.61 Å². The smallest absolute Gasteiger partial charge is 0.0681 e. The van der Waals surface area contributed by atoms with Gasteiger partial charge in [-0.05, 0) is 18.2 Å². The Labute approximate surface area is 79.0 Å². The molecule has 0 radical (unpaired) electrons. The number of aliphatic hydroxyl groups excluding tert-OH is 1. The zero-order valence-electron chi connectivity index (χ0n) is 8.12. The van der Waals surface area contributed by atoms with Gasteiger partial charge < -0.3 is 5.11 Å². The van der Waals surface area contributed by atoms with Crippen molar-refractivity contribution in [3.63, 3.8) is 0 Å². The molecule has 0 bridgehead atoms. The van der Waals surface area contributed by atoms with Gasteiger partial charge in [-0.25, -0.2) is 5.01 Å². The van der Waals surface area contributed by atoms with Crippen molar-refractivity contribution in [1.29, 1.82) is 0 Å². The molecule has 0 fully saturated rings. The fourth-order valence-electron chi connectivity index (χ4n) is 1.10. The number of nitrogens with zero attached hydrogens (tertiary/aromatic N) is 1. The van der Waals surface area contributed by atoms with Crippen LogP contribution in [0.2, 0.25) is 0 Å². The highest BCUT2D eigenvalue weighted by atomic mass is 16.3. The lowest BCUT2D eigenvalue weighted by molar-refractivity contribution is 0.251. The number of hydrogen-bond acceptors (Lipinski definition) is 3. The molecule has 3 nitrogen and oxygen atoms in total. The van der Waals surface area contributed by atoms with E-state index in [1.54, 1.807) is 0 Å². The summed E-state index contributed by atoms with van der Waals surface area (Å²) in [7, 11) is 3.88. The minimum atomic E-state index is 0.113. The van der Waals surface area contributed by atoms with E-state index in [9.17, 15) is 0 Å². The first-order chi connectivity index (χ1) is 6.26. The Morgan fingerprint density at radius 2 is 1.77 bits per heavy atom. The number of hydrazine groups is 1. The highest BCUT2D eigenvalue weighted by molar-refractivity contribution is 5.21. The summed E-state index contributed by atoms with van der Waals surface area (Å²) < 4.78 is 0. The summed E-state index contributed by atoms with van der Waals surface area (Å²) in [5.74, 6) is 0. The molecule has 0 saturated carbocycles. The van der Waals surface area contributed by atoms with Gasteiger partial charge >= 0.3 is 0 Å². The molecule has 0 aromatic heterocycles. The molecule has 3 heteroatoms. The molecule has 1 aromatic rings. The molecule has 0 atom stereocenters. The number of nitrogens with one attached hydrogen (secondary N) is 1. The average Bonchev–Trinajstić information content (AvgIpc) is 2.19. The van der Waals surface area contributed by atoms with Crippen molar-refractivity contribution in [3.05, 3.63) is 35.4 Å². The number of aliphatic hydroxyl groups is 1. The van der Waals surface area contributed by atoms with E-state index < -0.39 is 0 Å². The molecule has 0 unspecified atom stereocenters. The van der Waals surface area contributed by atoms with Crippen molar-refractivity contribution in [3.8, 4) is 0 Å². The van der Waals surface area contributed by atoms with Crippen LogP contribution in [0, 0.1) is 0 Å². The zero-order chi connectivity index (χ0) is 9.68. The van der Waals surface area contributed by atoms with Crippen molar-refractivity contribution >= 4 is 0 Å². The van der Waals surface area contributed by atoms with Gasteiger partial charge in [0.25, 0.3) is 0 Å². The highest BCUT2D eigenvalue weighted by Gasteiger charge is 1.96. The van der Waals surface area contributed by atoms with E-state index in [4.69, 9.17) is 5.11 Å². The normalized spacial score (nSPS) is 10.8. The molecule has 0 aliphatic heterocycles. The maximum atomic E-state index is 8.83. The van der Waals surface area contributed by atoms with E-state index in [0.717, 1.165) is 12.1 Å². The first-order valence-electron chi connectivity index (χ1n) is 4.33. The topological polar surface area (TPSA) is 35.5 Å². The molecule has 1 rings (SSSR count). The van der Waals surface area contributed by atoms with Crippen LogP contribution >= 0.6 is 0 Å². The summed E-state index contributed by atoms with van der Waals surface area (Å²) in [6.07, 6.45) is 0. The van der Waals surface area contributed by atoms with Gasteiger partial charge in [-0.2, -0.15) is 0 Å². The van der Waals surface area contributed by atoms with Crippen LogP contribution < -0.4 is 5.43 Å². The summed E-state index contributed by atoms with van der Waals surface area (Å²) in [5, 5.41) is 10.8. The number of hydrogen-bond donors (Lipinski definition) is 2. The number of rotatable bonds is 4. The summed E-state index contributed by atoms with van der Waals surface area (Å²) in [4.78, 5) is 0. The molecule has 0 aliphatic carbocycles. The predicted molar refractivity (Wildman–Crippen MR) is 52.9 cm³/mol. The lowest BCUT2D eigenvalue weighted by Crippen LogP contribution is -2.29. The second-order valence-corrected chi connectivity index (χ2v) is 3.05. The van der Waals surface area contributed by atoms with Crippen LogP contribution in [-0.4, -0.2) is 24.2 Å². The molecule has 1 aromatic carbocycles. The van der Waals surface area contributed by atoms with Crippen molar-refractivity contribution in [2.24, 2.45) is 0 Å². The predicted octanol–water partition coefficient (Wildman–Crippen LogP) is 0.745. The van der Waals surface area contributed by atoms with Gasteiger partial charge in [-0.1, -0.05) is 24.3 Å². The Bertz CT molecular complexity index is 246. The Morgan fingerprint density at radius 1 is 1.23 bits per heavy atom. The molecular weight excluding hydrogens is 164 g/mol.